The summed E-state index contributed by atoms with van der Waals surface area (Å²) in [5, 5.41) is 9.41. The van der Waals surface area contributed by atoms with Gasteiger partial charge in [-0.25, -0.2) is 9.18 Å². The Bertz CT molecular complexity index is 1010. The minimum atomic E-state index is -0.887. The molecule has 4 rings (SSSR count). The number of carboxylic acid groups (broad SMARTS) is 1. The van der Waals surface area contributed by atoms with Crippen LogP contribution in [0.1, 0.15) is 32.6 Å². The molecule has 3 nitrogen and oxygen atoms in total. The Morgan fingerprint density at radius 3 is 2.54 bits per heavy atom. The molecule has 0 radical (unpaired) electrons. The highest BCUT2D eigenvalue weighted by Gasteiger charge is 2.22. The van der Waals surface area contributed by atoms with E-state index in [1.807, 2.05) is 18.2 Å². The number of carbonyl (C=O) groups is 1. The number of aryl methyl sites for hydroxylation is 2. The molecule has 0 saturated carbocycles. The van der Waals surface area contributed by atoms with Gasteiger partial charge in [-0.05, 0) is 59.7 Å². The molecule has 0 aromatic heterocycles. The number of halogens is 1. The Morgan fingerprint density at radius 2 is 1.71 bits per heavy atom. The van der Waals surface area contributed by atoms with Gasteiger partial charge >= 0.3 is 5.97 Å². The van der Waals surface area contributed by atoms with Crippen LogP contribution in [0, 0.1) is 5.82 Å². The van der Waals surface area contributed by atoms with E-state index in [2.05, 4.69) is 23.1 Å². The van der Waals surface area contributed by atoms with Crippen molar-refractivity contribution in [2.45, 2.75) is 25.8 Å². The lowest BCUT2D eigenvalue weighted by Crippen LogP contribution is -2.21. The number of benzene rings is 3. The molecule has 4 heteroatoms. The lowest BCUT2D eigenvalue weighted by Gasteiger charge is -2.23. The summed E-state index contributed by atoms with van der Waals surface area (Å²) < 4.78 is 13.6. The van der Waals surface area contributed by atoms with Gasteiger partial charge in [0.05, 0.1) is 5.56 Å². The van der Waals surface area contributed by atoms with Crippen LogP contribution in [0.15, 0.2) is 66.7 Å². The van der Waals surface area contributed by atoms with Gasteiger partial charge in [-0.1, -0.05) is 48.5 Å². The van der Waals surface area contributed by atoms with Crippen LogP contribution >= 0.6 is 0 Å². The van der Waals surface area contributed by atoms with E-state index in [-0.39, 0.29) is 5.82 Å². The zero-order valence-corrected chi connectivity index (χ0v) is 15.6. The summed E-state index contributed by atoms with van der Waals surface area (Å²) in [6, 6.07) is 20.3. The van der Waals surface area contributed by atoms with Crippen molar-refractivity contribution in [2.24, 2.45) is 0 Å². The molecule has 3 aromatic rings. The monoisotopic (exact) mass is 375 g/mol. The number of nitrogens with zero attached hydrogens (tertiary/aromatic N) is 1. The first-order valence-corrected chi connectivity index (χ1v) is 9.53. The normalized spacial score (nSPS) is 12.8. The van der Waals surface area contributed by atoms with Crippen LogP contribution in [0.4, 0.5) is 10.1 Å². The van der Waals surface area contributed by atoms with Crippen LogP contribution in [0.25, 0.3) is 0 Å². The zero-order chi connectivity index (χ0) is 19.5. The van der Waals surface area contributed by atoms with Gasteiger partial charge < -0.3 is 10.0 Å². The molecular formula is C24H22FNO2. The Morgan fingerprint density at radius 1 is 0.964 bits per heavy atom. The van der Waals surface area contributed by atoms with E-state index in [0.717, 1.165) is 30.5 Å². The third kappa shape index (κ3) is 3.77. The standard InChI is InChI=1S/C24H22FNO2/c25-21-9-3-5-17(15-21)16-26-14-13-20-8-4-7-19(23(20)26)12-11-18-6-1-2-10-22(18)24(27)28/h1-10,15H,11-14,16H2,(H,27,28). The molecule has 1 aliphatic rings. The van der Waals surface area contributed by atoms with Gasteiger partial charge in [0.1, 0.15) is 5.82 Å². The maximum Gasteiger partial charge on any atom is 0.335 e. The average molecular weight is 375 g/mol. The Hall–Kier alpha value is -3.14. The molecule has 0 atom stereocenters. The van der Waals surface area contributed by atoms with E-state index in [1.54, 1.807) is 24.3 Å². The summed E-state index contributed by atoms with van der Waals surface area (Å²) in [5.41, 5.74) is 5.92. The number of anilines is 1. The molecule has 3 aromatic carbocycles. The molecule has 0 spiro atoms. The molecule has 1 N–H and O–H groups in total. The second-order valence-electron chi connectivity index (χ2n) is 7.19. The average Bonchev–Trinajstić information content (AvgIpc) is 3.10. The van der Waals surface area contributed by atoms with Crippen LogP contribution in [-0.4, -0.2) is 17.6 Å². The number of rotatable bonds is 6. The summed E-state index contributed by atoms with van der Waals surface area (Å²) in [7, 11) is 0. The highest BCUT2D eigenvalue weighted by molar-refractivity contribution is 5.89. The van der Waals surface area contributed by atoms with E-state index in [4.69, 9.17) is 0 Å². The largest absolute Gasteiger partial charge is 0.478 e. The van der Waals surface area contributed by atoms with Crippen LogP contribution < -0.4 is 4.90 Å². The molecule has 0 aliphatic carbocycles. The highest BCUT2D eigenvalue weighted by Crippen LogP contribution is 2.34. The van der Waals surface area contributed by atoms with E-state index < -0.39 is 5.97 Å². The molecule has 0 saturated heterocycles. The minimum absolute atomic E-state index is 0.213. The molecule has 1 heterocycles. The van der Waals surface area contributed by atoms with Gasteiger partial charge in [0, 0.05) is 18.8 Å². The van der Waals surface area contributed by atoms with E-state index in [0.29, 0.717) is 18.5 Å². The van der Waals surface area contributed by atoms with Crippen molar-refractivity contribution in [3.63, 3.8) is 0 Å². The topological polar surface area (TPSA) is 40.5 Å². The van der Waals surface area contributed by atoms with Crippen molar-refractivity contribution in [1.29, 1.82) is 0 Å². The summed E-state index contributed by atoms with van der Waals surface area (Å²) in [5.74, 6) is -1.10. The summed E-state index contributed by atoms with van der Waals surface area (Å²) >= 11 is 0. The number of hydrogen-bond acceptors (Lipinski definition) is 2. The predicted octanol–water partition coefficient (Wildman–Crippen LogP) is 4.87. The maximum absolute atomic E-state index is 13.6. The number of carboxylic acids is 1. The maximum atomic E-state index is 13.6. The molecule has 142 valence electrons. The first-order chi connectivity index (χ1) is 13.6. The number of fused-ring (bicyclic) bond motifs is 1. The first-order valence-electron chi connectivity index (χ1n) is 9.53. The first kappa shape index (κ1) is 18.2. The molecular weight excluding hydrogens is 353 g/mol. The Labute approximate surface area is 164 Å². The van der Waals surface area contributed by atoms with Gasteiger partial charge in [0.25, 0.3) is 0 Å². The fourth-order valence-corrected chi connectivity index (χ4v) is 4.05. The van der Waals surface area contributed by atoms with Gasteiger partial charge in [-0.3, -0.25) is 0 Å². The molecule has 0 bridgehead atoms. The summed E-state index contributed by atoms with van der Waals surface area (Å²) in [6.07, 6.45) is 2.42. The second kappa shape index (κ2) is 7.85. The third-order valence-electron chi connectivity index (χ3n) is 5.34. The highest BCUT2D eigenvalue weighted by atomic mass is 19.1. The Kier molecular flexibility index (Phi) is 5.11. The number of hydrogen-bond donors (Lipinski definition) is 1. The van der Waals surface area contributed by atoms with Gasteiger partial charge in [0.15, 0.2) is 0 Å². The van der Waals surface area contributed by atoms with Crippen LogP contribution in [-0.2, 0) is 25.8 Å². The van der Waals surface area contributed by atoms with Crippen molar-refractivity contribution in [1.82, 2.24) is 0 Å². The molecule has 28 heavy (non-hydrogen) atoms. The van der Waals surface area contributed by atoms with Crippen molar-refractivity contribution in [3.05, 3.63) is 100 Å². The van der Waals surface area contributed by atoms with Gasteiger partial charge in [-0.15, -0.1) is 0 Å². The van der Waals surface area contributed by atoms with Crippen LogP contribution in [0.3, 0.4) is 0 Å². The van der Waals surface area contributed by atoms with E-state index in [9.17, 15) is 14.3 Å². The lowest BCUT2D eigenvalue weighted by atomic mass is 9.97. The van der Waals surface area contributed by atoms with Crippen molar-refractivity contribution < 1.29 is 14.3 Å². The quantitative estimate of drug-likeness (QED) is 0.668. The number of para-hydroxylation sites is 1. The molecule has 0 amide bonds. The van der Waals surface area contributed by atoms with E-state index >= 15 is 0 Å². The number of aromatic carboxylic acids is 1. The van der Waals surface area contributed by atoms with Crippen molar-refractivity contribution in [3.8, 4) is 0 Å². The van der Waals surface area contributed by atoms with Crippen LogP contribution in [0.5, 0.6) is 0 Å². The predicted molar refractivity (Wildman–Crippen MR) is 108 cm³/mol. The molecule has 1 aliphatic heterocycles. The SMILES string of the molecule is O=C(O)c1ccccc1CCc1cccc2c1N(Cc1cccc(F)c1)CC2. The summed E-state index contributed by atoms with van der Waals surface area (Å²) in [4.78, 5) is 13.8. The Balaban J connectivity index is 1.57. The lowest BCUT2D eigenvalue weighted by molar-refractivity contribution is 0.0695. The third-order valence-corrected chi connectivity index (χ3v) is 5.34. The second-order valence-corrected chi connectivity index (χ2v) is 7.19. The smallest absolute Gasteiger partial charge is 0.335 e. The fraction of sp³-hybridized carbons (Fsp3) is 0.208. The zero-order valence-electron chi connectivity index (χ0n) is 15.6. The summed E-state index contributed by atoms with van der Waals surface area (Å²) in [6.45, 7) is 1.59. The van der Waals surface area contributed by atoms with Crippen molar-refractivity contribution >= 4 is 11.7 Å². The molecule has 0 fully saturated rings. The van der Waals surface area contributed by atoms with E-state index in [1.165, 1.54) is 22.9 Å². The molecule has 0 unspecified atom stereocenters. The fourth-order valence-electron chi connectivity index (χ4n) is 4.05. The van der Waals surface area contributed by atoms with Gasteiger partial charge in [0.2, 0.25) is 0 Å². The van der Waals surface area contributed by atoms with Crippen molar-refractivity contribution in [2.75, 3.05) is 11.4 Å². The minimum Gasteiger partial charge on any atom is -0.478 e. The van der Waals surface area contributed by atoms with Gasteiger partial charge in [-0.2, -0.15) is 0 Å². The van der Waals surface area contributed by atoms with Crippen LogP contribution in [0.2, 0.25) is 0 Å².